The number of alkyl halides is 1. The standard InChI is InChI=1S/C10H18FN/c1-9(2)12-7-5-4-6-10(3,11)8-12/h4,6,9H,5,7-8H2,1-3H3. The van der Waals surface area contributed by atoms with Gasteiger partial charge in [0.1, 0.15) is 5.67 Å². The fourth-order valence-electron chi connectivity index (χ4n) is 1.54. The van der Waals surface area contributed by atoms with Gasteiger partial charge in [-0.15, -0.1) is 0 Å². The third-order valence-electron chi connectivity index (χ3n) is 2.29. The molecule has 1 nitrogen and oxygen atoms in total. The van der Waals surface area contributed by atoms with E-state index in [2.05, 4.69) is 18.7 Å². The largest absolute Gasteiger partial charge is 0.297 e. The summed E-state index contributed by atoms with van der Waals surface area (Å²) in [6, 6.07) is 0.444. The summed E-state index contributed by atoms with van der Waals surface area (Å²) in [6.45, 7) is 7.38. The predicted octanol–water partition coefficient (Wildman–Crippen LogP) is 2.38. The first-order valence-corrected chi connectivity index (χ1v) is 4.62. The minimum absolute atomic E-state index is 0.444. The van der Waals surface area contributed by atoms with Crippen molar-refractivity contribution in [1.82, 2.24) is 4.90 Å². The molecule has 0 saturated carbocycles. The Morgan fingerprint density at radius 3 is 2.75 bits per heavy atom. The molecule has 1 unspecified atom stereocenters. The number of rotatable bonds is 1. The second kappa shape index (κ2) is 3.56. The van der Waals surface area contributed by atoms with Crippen LogP contribution in [0.1, 0.15) is 27.2 Å². The highest BCUT2D eigenvalue weighted by Gasteiger charge is 2.26. The molecular formula is C10H18FN. The van der Waals surface area contributed by atoms with Crippen LogP contribution < -0.4 is 0 Å². The number of halogens is 1. The zero-order valence-corrected chi connectivity index (χ0v) is 8.18. The van der Waals surface area contributed by atoms with E-state index in [1.165, 1.54) is 0 Å². The molecule has 0 saturated heterocycles. The number of hydrogen-bond acceptors (Lipinski definition) is 1. The lowest BCUT2D eigenvalue weighted by atomic mass is 10.1. The molecule has 1 atom stereocenters. The topological polar surface area (TPSA) is 3.24 Å². The van der Waals surface area contributed by atoms with E-state index in [0.717, 1.165) is 13.0 Å². The second-order valence-corrected chi connectivity index (χ2v) is 4.03. The molecule has 1 heterocycles. The summed E-state index contributed by atoms with van der Waals surface area (Å²) in [7, 11) is 0. The van der Waals surface area contributed by atoms with Gasteiger partial charge < -0.3 is 0 Å². The van der Waals surface area contributed by atoms with E-state index < -0.39 is 5.67 Å². The lowest BCUT2D eigenvalue weighted by molar-refractivity contribution is 0.132. The summed E-state index contributed by atoms with van der Waals surface area (Å²) >= 11 is 0. The molecule has 0 spiro atoms. The average Bonchev–Trinajstić information content (AvgIpc) is 2.10. The van der Waals surface area contributed by atoms with Crippen LogP contribution in [0.3, 0.4) is 0 Å². The van der Waals surface area contributed by atoms with Crippen LogP contribution >= 0.6 is 0 Å². The van der Waals surface area contributed by atoms with Gasteiger partial charge in [-0.3, -0.25) is 4.90 Å². The quantitative estimate of drug-likeness (QED) is 0.547. The first-order valence-electron chi connectivity index (χ1n) is 4.62. The Hall–Kier alpha value is -0.370. The molecule has 0 aromatic carbocycles. The monoisotopic (exact) mass is 171 g/mol. The zero-order valence-electron chi connectivity index (χ0n) is 8.18. The maximum absolute atomic E-state index is 13.6. The highest BCUT2D eigenvalue weighted by molar-refractivity contribution is 5.03. The van der Waals surface area contributed by atoms with Crippen molar-refractivity contribution < 1.29 is 4.39 Å². The minimum Gasteiger partial charge on any atom is -0.297 e. The van der Waals surface area contributed by atoms with Crippen LogP contribution in [-0.2, 0) is 0 Å². The van der Waals surface area contributed by atoms with Crippen molar-refractivity contribution in [3.63, 3.8) is 0 Å². The molecule has 1 rings (SSSR count). The maximum atomic E-state index is 13.6. The van der Waals surface area contributed by atoms with Gasteiger partial charge in [-0.25, -0.2) is 4.39 Å². The lowest BCUT2D eigenvalue weighted by Gasteiger charge is -2.29. The van der Waals surface area contributed by atoms with Crippen molar-refractivity contribution in [3.05, 3.63) is 12.2 Å². The van der Waals surface area contributed by atoms with Crippen molar-refractivity contribution in [2.45, 2.75) is 38.9 Å². The maximum Gasteiger partial charge on any atom is 0.138 e. The van der Waals surface area contributed by atoms with Crippen molar-refractivity contribution in [2.24, 2.45) is 0 Å². The third kappa shape index (κ3) is 2.59. The van der Waals surface area contributed by atoms with Gasteiger partial charge in [0.25, 0.3) is 0 Å². The number of hydrogen-bond donors (Lipinski definition) is 0. The zero-order chi connectivity index (χ0) is 9.19. The molecule has 0 fully saturated rings. The van der Waals surface area contributed by atoms with Gasteiger partial charge in [-0.05, 0) is 27.2 Å². The Morgan fingerprint density at radius 1 is 1.50 bits per heavy atom. The van der Waals surface area contributed by atoms with E-state index in [-0.39, 0.29) is 0 Å². The number of nitrogens with zero attached hydrogens (tertiary/aromatic N) is 1. The van der Waals surface area contributed by atoms with Gasteiger partial charge >= 0.3 is 0 Å². The van der Waals surface area contributed by atoms with Crippen molar-refractivity contribution >= 4 is 0 Å². The van der Waals surface area contributed by atoms with Crippen LogP contribution in [0.4, 0.5) is 4.39 Å². The van der Waals surface area contributed by atoms with E-state index in [1.807, 2.05) is 6.08 Å². The Balaban J connectivity index is 2.61. The fraction of sp³-hybridized carbons (Fsp3) is 0.800. The smallest absolute Gasteiger partial charge is 0.138 e. The SMILES string of the molecule is CC(C)N1CCC=CC(C)(F)C1. The molecule has 0 aromatic rings. The highest BCUT2D eigenvalue weighted by Crippen LogP contribution is 2.19. The van der Waals surface area contributed by atoms with Gasteiger partial charge in [0.2, 0.25) is 0 Å². The molecule has 1 aliphatic heterocycles. The van der Waals surface area contributed by atoms with Crippen LogP contribution in [0.15, 0.2) is 12.2 Å². The highest BCUT2D eigenvalue weighted by atomic mass is 19.1. The van der Waals surface area contributed by atoms with Crippen LogP contribution in [-0.4, -0.2) is 29.7 Å². The van der Waals surface area contributed by atoms with E-state index >= 15 is 0 Å². The molecule has 0 amide bonds. The Bertz CT molecular complexity index is 173. The average molecular weight is 171 g/mol. The van der Waals surface area contributed by atoms with Gasteiger partial charge in [0.05, 0.1) is 0 Å². The van der Waals surface area contributed by atoms with E-state index in [0.29, 0.717) is 12.6 Å². The van der Waals surface area contributed by atoms with Gasteiger partial charge in [0.15, 0.2) is 0 Å². The Labute approximate surface area is 74.3 Å². The van der Waals surface area contributed by atoms with Crippen molar-refractivity contribution in [2.75, 3.05) is 13.1 Å². The van der Waals surface area contributed by atoms with Crippen LogP contribution in [0.5, 0.6) is 0 Å². The molecule has 2 heteroatoms. The summed E-state index contributed by atoms with van der Waals surface area (Å²) < 4.78 is 13.6. The van der Waals surface area contributed by atoms with E-state index in [4.69, 9.17) is 0 Å². The molecule has 0 bridgehead atoms. The van der Waals surface area contributed by atoms with E-state index in [9.17, 15) is 4.39 Å². The Kier molecular flexibility index (Phi) is 2.89. The van der Waals surface area contributed by atoms with Crippen molar-refractivity contribution in [1.29, 1.82) is 0 Å². The fourth-order valence-corrected chi connectivity index (χ4v) is 1.54. The van der Waals surface area contributed by atoms with Crippen LogP contribution in [0.2, 0.25) is 0 Å². The molecule has 70 valence electrons. The Morgan fingerprint density at radius 2 is 2.17 bits per heavy atom. The first-order chi connectivity index (χ1) is 5.51. The summed E-state index contributed by atoms with van der Waals surface area (Å²) in [5.41, 5.74) is -1.14. The lowest BCUT2D eigenvalue weighted by Crippen LogP contribution is -2.39. The van der Waals surface area contributed by atoms with Gasteiger partial charge in [-0.1, -0.05) is 12.2 Å². The third-order valence-corrected chi connectivity index (χ3v) is 2.29. The normalized spacial score (nSPS) is 32.4. The second-order valence-electron chi connectivity index (χ2n) is 4.03. The van der Waals surface area contributed by atoms with Crippen LogP contribution in [0, 0.1) is 0 Å². The van der Waals surface area contributed by atoms with E-state index in [1.54, 1.807) is 13.0 Å². The summed E-state index contributed by atoms with van der Waals surface area (Å²) in [5, 5.41) is 0. The van der Waals surface area contributed by atoms with Crippen molar-refractivity contribution in [3.8, 4) is 0 Å². The summed E-state index contributed by atoms with van der Waals surface area (Å²) in [5.74, 6) is 0. The summed E-state index contributed by atoms with van der Waals surface area (Å²) in [4.78, 5) is 2.18. The molecule has 0 radical (unpaired) electrons. The van der Waals surface area contributed by atoms with Crippen LogP contribution in [0.25, 0.3) is 0 Å². The molecule has 12 heavy (non-hydrogen) atoms. The molecule has 0 aliphatic carbocycles. The molecular weight excluding hydrogens is 153 g/mol. The van der Waals surface area contributed by atoms with Gasteiger partial charge in [0, 0.05) is 19.1 Å². The molecule has 0 N–H and O–H groups in total. The summed E-state index contributed by atoms with van der Waals surface area (Å²) in [6.07, 6.45) is 4.61. The molecule has 0 aromatic heterocycles. The molecule has 1 aliphatic rings. The first kappa shape index (κ1) is 9.72. The predicted molar refractivity (Wildman–Crippen MR) is 50.0 cm³/mol. The van der Waals surface area contributed by atoms with Gasteiger partial charge in [-0.2, -0.15) is 0 Å². The minimum atomic E-state index is -1.14.